The smallest absolute Gasteiger partial charge is 0.272 e. The van der Waals surface area contributed by atoms with Gasteiger partial charge < -0.3 is 9.64 Å². The number of benzene rings is 2. The Bertz CT molecular complexity index is 1250. The zero-order valence-electron chi connectivity index (χ0n) is 18.3. The summed E-state index contributed by atoms with van der Waals surface area (Å²) >= 11 is 16.0. The lowest BCUT2D eigenvalue weighted by Crippen LogP contribution is -2.45. The molecule has 176 valence electrons. The van der Waals surface area contributed by atoms with Gasteiger partial charge in [0.25, 0.3) is 11.8 Å². The molecule has 3 aromatic rings. The predicted molar refractivity (Wildman–Crippen MR) is 134 cm³/mol. The van der Waals surface area contributed by atoms with Gasteiger partial charge in [-0.1, -0.05) is 51.3 Å². The summed E-state index contributed by atoms with van der Waals surface area (Å²) < 4.78 is 8.10. The van der Waals surface area contributed by atoms with Crippen molar-refractivity contribution in [2.45, 2.75) is 18.9 Å². The average molecular weight is 564 g/mol. The van der Waals surface area contributed by atoms with Crippen LogP contribution in [-0.4, -0.2) is 52.6 Å². The SMILES string of the molecule is CC1(Cc2ccc(Br)cc2)C(=O)N(c2cc(Cl)cc(Cl)c2)c2ncc(C(=O)N3CCOCC3)n21. The molecule has 0 saturated carbocycles. The van der Waals surface area contributed by atoms with E-state index in [9.17, 15) is 9.59 Å². The Morgan fingerprint density at radius 2 is 1.76 bits per heavy atom. The van der Waals surface area contributed by atoms with Gasteiger partial charge in [0, 0.05) is 34.0 Å². The summed E-state index contributed by atoms with van der Waals surface area (Å²) in [4.78, 5) is 35.3. The van der Waals surface area contributed by atoms with Crippen LogP contribution in [-0.2, 0) is 21.5 Å². The molecule has 0 aliphatic carbocycles. The molecule has 2 aliphatic rings. The van der Waals surface area contributed by atoms with Crippen LogP contribution < -0.4 is 4.90 Å². The molecule has 0 spiro atoms. The van der Waals surface area contributed by atoms with E-state index >= 15 is 0 Å². The highest BCUT2D eigenvalue weighted by molar-refractivity contribution is 9.10. The number of amides is 2. The number of rotatable bonds is 4. The van der Waals surface area contributed by atoms with Gasteiger partial charge in [-0.05, 0) is 42.8 Å². The molecule has 10 heteroatoms. The highest BCUT2D eigenvalue weighted by Crippen LogP contribution is 2.43. The number of anilines is 2. The number of nitrogens with zero attached hydrogens (tertiary/aromatic N) is 4. The average Bonchev–Trinajstić information content (AvgIpc) is 3.33. The number of halogens is 3. The Labute approximate surface area is 215 Å². The second-order valence-electron chi connectivity index (χ2n) is 8.53. The number of hydrogen-bond acceptors (Lipinski definition) is 4. The number of fused-ring (bicyclic) bond motifs is 1. The summed E-state index contributed by atoms with van der Waals surface area (Å²) in [5.41, 5.74) is 0.723. The number of ether oxygens (including phenoxy) is 1. The van der Waals surface area contributed by atoms with Gasteiger partial charge in [0.2, 0.25) is 5.95 Å². The zero-order valence-corrected chi connectivity index (χ0v) is 21.4. The first-order valence-corrected chi connectivity index (χ1v) is 12.3. The fourth-order valence-electron chi connectivity index (χ4n) is 4.55. The van der Waals surface area contributed by atoms with Crippen LogP contribution in [0.4, 0.5) is 11.6 Å². The molecule has 0 bridgehead atoms. The summed E-state index contributed by atoms with van der Waals surface area (Å²) in [6, 6.07) is 12.7. The maximum Gasteiger partial charge on any atom is 0.272 e. The van der Waals surface area contributed by atoms with E-state index in [4.69, 9.17) is 27.9 Å². The monoisotopic (exact) mass is 562 g/mol. The van der Waals surface area contributed by atoms with Crippen molar-refractivity contribution in [1.29, 1.82) is 0 Å². The first-order valence-electron chi connectivity index (χ1n) is 10.8. The number of aromatic nitrogens is 2. The molecule has 1 aromatic heterocycles. The third-order valence-electron chi connectivity index (χ3n) is 6.19. The molecule has 3 heterocycles. The van der Waals surface area contributed by atoms with Gasteiger partial charge in [-0.25, -0.2) is 9.88 Å². The number of morpholine rings is 1. The maximum absolute atomic E-state index is 14.0. The molecule has 1 atom stereocenters. The third-order valence-corrected chi connectivity index (χ3v) is 7.15. The number of carbonyl (C=O) groups is 2. The Morgan fingerprint density at radius 1 is 1.12 bits per heavy atom. The molecule has 2 aliphatic heterocycles. The van der Waals surface area contributed by atoms with Crippen molar-refractivity contribution in [2.24, 2.45) is 0 Å². The molecule has 0 radical (unpaired) electrons. The molecule has 0 N–H and O–H groups in total. The Hall–Kier alpha value is -2.39. The maximum atomic E-state index is 14.0. The van der Waals surface area contributed by atoms with Crippen LogP contribution in [0.5, 0.6) is 0 Å². The number of imidazole rings is 1. The zero-order chi connectivity index (χ0) is 24.0. The Balaban J connectivity index is 1.64. The summed E-state index contributed by atoms with van der Waals surface area (Å²) in [5.74, 6) is -0.0321. The van der Waals surface area contributed by atoms with Gasteiger partial charge in [0.15, 0.2) is 0 Å². The molecule has 1 saturated heterocycles. The van der Waals surface area contributed by atoms with Crippen molar-refractivity contribution in [3.8, 4) is 0 Å². The van der Waals surface area contributed by atoms with Crippen molar-refractivity contribution in [3.05, 3.63) is 74.4 Å². The lowest BCUT2D eigenvalue weighted by molar-refractivity contribution is -0.123. The minimum absolute atomic E-state index is 0.178. The summed E-state index contributed by atoms with van der Waals surface area (Å²) in [5, 5.41) is 0.805. The van der Waals surface area contributed by atoms with E-state index in [2.05, 4.69) is 20.9 Å². The topological polar surface area (TPSA) is 67.7 Å². The fourth-order valence-corrected chi connectivity index (χ4v) is 5.33. The second-order valence-corrected chi connectivity index (χ2v) is 10.3. The van der Waals surface area contributed by atoms with E-state index in [1.54, 1.807) is 33.9 Å². The van der Waals surface area contributed by atoms with Crippen LogP contribution >= 0.6 is 39.1 Å². The molecule has 7 nitrogen and oxygen atoms in total. The van der Waals surface area contributed by atoms with Crippen molar-refractivity contribution >= 4 is 62.6 Å². The number of carbonyl (C=O) groups excluding carboxylic acids is 2. The van der Waals surface area contributed by atoms with E-state index in [-0.39, 0.29) is 11.8 Å². The first kappa shape index (κ1) is 23.4. The fraction of sp³-hybridized carbons (Fsp3) is 0.292. The molecule has 5 rings (SSSR count). The molecule has 1 fully saturated rings. The second kappa shape index (κ2) is 9.00. The highest BCUT2D eigenvalue weighted by Gasteiger charge is 2.51. The van der Waals surface area contributed by atoms with Gasteiger partial charge in [-0.3, -0.25) is 14.2 Å². The van der Waals surface area contributed by atoms with Crippen molar-refractivity contribution in [1.82, 2.24) is 14.5 Å². The standard InChI is InChI=1S/C24H21BrCl2N4O3/c1-24(13-15-2-4-16(25)5-3-15)22(33)30(19-11-17(26)10-18(27)12-19)23-28-14-20(31(23)24)21(32)29-6-8-34-9-7-29/h2-5,10-12,14H,6-9,13H2,1H3. The van der Waals surface area contributed by atoms with Crippen molar-refractivity contribution in [2.75, 3.05) is 31.2 Å². The van der Waals surface area contributed by atoms with Crippen molar-refractivity contribution in [3.63, 3.8) is 0 Å². The molecule has 1 unspecified atom stereocenters. The third kappa shape index (κ3) is 4.02. The van der Waals surface area contributed by atoms with Crippen LogP contribution in [0, 0.1) is 0 Å². The minimum atomic E-state index is -1.09. The van der Waals surface area contributed by atoms with Gasteiger partial charge in [0.05, 0.1) is 25.1 Å². The minimum Gasteiger partial charge on any atom is -0.378 e. The molecule has 2 amide bonds. The normalized spacial score (nSPS) is 20.1. The van der Waals surface area contributed by atoms with Gasteiger partial charge >= 0.3 is 0 Å². The first-order chi connectivity index (χ1) is 16.3. The van der Waals surface area contributed by atoms with E-state index < -0.39 is 5.54 Å². The lowest BCUT2D eigenvalue weighted by atomic mass is 9.91. The molecule has 34 heavy (non-hydrogen) atoms. The number of hydrogen-bond donors (Lipinski definition) is 0. The van der Waals surface area contributed by atoms with Crippen molar-refractivity contribution < 1.29 is 14.3 Å². The molecule has 2 aromatic carbocycles. The molecular weight excluding hydrogens is 543 g/mol. The van der Waals surface area contributed by atoms with E-state index in [1.807, 2.05) is 31.2 Å². The summed E-state index contributed by atoms with van der Waals surface area (Å²) in [6.45, 7) is 3.78. The van der Waals surface area contributed by atoms with Gasteiger partial charge in [0.1, 0.15) is 11.2 Å². The van der Waals surface area contributed by atoms with Crippen LogP contribution in [0.3, 0.4) is 0 Å². The van der Waals surface area contributed by atoms with E-state index in [1.165, 1.54) is 4.90 Å². The van der Waals surface area contributed by atoms with Crippen LogP contribution in [0.2, 0.25) is 10.0 Å². The summed E-state index contributed by atoms with van der Waals surface area (Å²) in [6.07, 6.45) is 1.91. The van der Waals surface area contributed by atoms with Crippen LogP contribution in [0.15, 0.2) is 53.1 Å². The lowest BCUT2D eigenvalue weighted by Gasteiger charge is -2.30. The van der Waals surface area contributed by atoms with Gasteiger partial charge in [-0.15, -0.1) is 0 Å². The van der Waals surface area contributed by atoms with Gasteiger partial charge in [-0.2, -0.15) is 0 Å². The molecular formula is C24H21BrCl2N4O3. The summed E-state index contributed by atoms with van der Waals surface area (Å²) in [7, 11) is 0. The Kier molecular flexibility index (Phi) is 6.18. The van der Waals surface area contributed by atoms with E-state index in [0.29, 0.717) is 60.1 Å². The largest absolute Gasteiger partial charge is 0.378 e. The van der Waals surface area contributed by atoms with E-state index in [0.717, 1.165) is 10.0 Å². The predicted octanol–water partition coefficient (Wildman–Crippen LogP) is 5.06. The van der Waals surface area contributed by atoms with Crippen LogP contribution in [0.1, 0.15) is 23.0 Å². The quantitative estimate of drug-likeness (QED) is 0.445. The van der Waals surface area contributed by atoms with Crippen LogP contribution in [0.25, 0.3) is 0 Å². The highest BCUT2D eigenvalue weighted by atomic mass is 79.9. The Morgan fingerprint density at radius 3 is 2.41 bits per heavy atom.